The summed E-state index contributed by atoms with van der Waals surface area (Å²) >= 11 is 0. The summed E-state index contributed by atoms with van der Waals surface area (Å²) in [5, 5.41) is 0. The van der Waals surface area contributed by atoms with Crippen LogP contribution in [0.4, 0.5) is 0 Å². The highest BCUT2D eigenvalue weighted by Crippen LogP contribution is 2.55. The highest BCUT2D eigenvalue weighted by Gasteiger charge is 2.60. The maximum absolute atomic E-state index is 12.9. The number of rotatable bonds is 4. The quantitative estimate of drug-likeness (QED) is 0.397. The Morgan fingerprint density at radius 1 is 1.10 bits per heavy atom. The van der Waals surface area contributed by atoms with E-state index in [1.54, 1.807) is 0 Å². The first-order valence-electron chi connectivity index (χ1n) is 10.2. The molecule has 0 unspecified atom stereocenters. The molecule has 0 spiro atoms. The second-order valence-corrected chi connectivity index (χ2v) is 8.39. The molecule has 4 aliphatic carbocycles. The van der Waals surface area contributed by atoms with Gasteiger partial charge in [-0.1, -0.05) is 18.2 Å². The van der Waals surface area contributed by atoms with Crippen LogP contribution >= 0.6 is 0 Å². The topological polar surface area (TPSA) is 78.4 Å². The summed E-state index contributed by atoms with van der Waals surface area (Å²) in [6.45, 7) is 18.3. The lowest BCUT2D eigenvalue weighted by molar-refractivity contribution is -0.141. The van der Waals surface area contributed by atoms with Crippen molar-refractivity contribution in [3.05, 3.63) is 68.9 Å². The Morgan fingerprint density at radius 2 is 1.77 bits per heavy atom. The summed E-state index contributed by atoms with van der Waals surface area (Å²) in [6, 6.07) is 0. The van der Waals surface area contributed by atoms with Crippen molar-refractivity contribution in [2.24, 2.45) is 17.8 Å². The van der Waals surface area contributed by atoms with Crippen molar-refractivity contribution in [2.75, 3.05) is 13.2 Å². The van der Waals surface area contributed by atoms with Crippen LogP contribution in [0.2, 0.25) is 0 Å². The van der Waals surface area contributed by atoms with Gasteiger partial charge in [-0.25, -0.2) is 22.8 Å². The van der Waals surface area contributed by atoms with Crippen molar-refractivity contribution in [1.29, 1.82) is 0 Å². The molecule has 0 radical (unpaired) electrons. The Hall–Kier alpha value is -3.45. The van der Waals surface area contributed by atoms with E-state index in [0.29, 0.717) is 11.1 Å². The monoisotopic (exact) mass is 418 g/mol. The maximum atomic E-state index is 12.9. The Morgan fingerprint density at radius 3 is 2.42 bits per heavy atom. The van der Waals surface area contributed by atoms with Gasteiger partial charge in [-0.15, -0.1) is 0 Å². The molecule has 4 aliphatic rings. The zero-order valence-corrected chi connectivity index (χ0v) is 17.4. The molecule has 7 heteroatoms. The van der Waals surface area contributed by atoms with Gasteiger partial charge in [0.05, 0.1) is 0 Å². The van der Waals surface area contributed by atoms with E-state index >= 15 is 0 Å². The van der Waals surface area contributed by atoms with Crippen molar-refractivity contribution in [3.63, 3.8) is 0 Å². The second kappa shape index (κ2) is 7.67. The third-order valence-corrected chi connectivity index (χ3v) is 6.58. The SMILES string of the molecule is [C-]#[N+]C1([N+]#[C-])CC2=C(COC(C)=O)C(=O)CC2=C(COC(C)=O)[C@@H]2C1=C[C@H]1C=C[C@@H]2C1. The molecule has 31 heavy (non-hydrogen) atoms. The smallest absolute Gasteiger partial charge is 0.461 e. The molecule has 3 atom stereocenters. The van der Waals surface area contributed by atoms with Gasteiger partial charge in [-0.05, 0) is 35.0 Å². The summed E-state index contributed by atoms with van der Waals surface area (Å²) in [5.41, 5.74) is 1.71. The minimum atomic E-state index is -1.47. The lowest BCUT2D eigenvalue weighted by atomic mass is 9.70. The fraction of sp³-hybridized carbons (Fsp3) is 0.458. The molecule has 0 aromatic carbocycles. The first-order valence-corrected chi connectivity index (χ1v) is 10.2. The number of hydrogen-bond acceptors (Lipinski definition) is 5. The zero-order valence-electron chi connectivity index (χ0n) is 17.4. The second-order valence-electron chi connectivity index (χ2n) is 8.39. The summed E-state index contributed by atoms with van der Waals surface area (Å²) in [7, 11) is 0. The van der Waals surface area contributed by atoms with Crippen LogP contribution in [0.1, 0.15) is 33.1 Å². The first-order chi connectivity index (χ1) is 14.8. The molecular formula is C24H22N2O5. The van der Waals surface area contributed by atoms with Crippen LogP contribution in [0.15, 0.2) is 46.1 Å². The highest BCUT2D eigenvalue weighted by atomic mass is 16.5. The normalized spacial score (nSPS) is 27.5. The van der Waals surface area contributed by atoms with E-state index in [-0.39, 0.29) is 49.6 Å². The Kier molecular flexibility index (Phi) is 5.15. The van der Waals surface area contributed by atoms with E-state index in [1.807, 2.05) is 6.08 Å². The number of carbonyl (C=O) groups is 3. The van der Waals surface area contributed by atoms with Crippen molar-refractivity contribution in [3.8, 4) is 0 Å². The lowest BCUT2D eigenvalue weighted by Gasteiger charge is -2.31. The van der Waals surface area contributed by atoms with Crippen LogP contribution in [0.25, 0.3) is 9.69 Å². The molecule has 0 N–H and O–H groups in total. The van der Waals surface area contributed by atoms with Gasteiger partial charge in [0.1, 0.15) is 25.2 Å². The van der Waals surface area contributed by atoms with E-state index in [1.165, 1.54) is 13.8 Å². The number of nitrogens with zero attached hydrogens (tertiary/aromatic N) is 2. The predicted molar refractivity (Wildman–Crippen MR) is 110 cm³/mol. The highest BCUT2D eigenvalue weighted by molar-refractivity contribution is 6.03. The van der Waals surface area contributed by atoms with Crippen molar-refractivity contribution in [1.82, 2.24) is 0 Å². The van der Waals surface area contributed by atoms with Gasteiger partial charge in [0.2, 0.25) is 0 Å². The van der Waals surface area contributed by atoms with Gasteiger partial charge in [-0.2, -0.15) is 0 Å². The molecule has 0 saturated carbocycles. The van der Waals surface area contributed by atoms with Crippen LogP contribution in [-0.4, -0.2) is 36.6 Å². The minimum absolute atomic E-state index is 0.00534. The molecule has 0 heterocycles. The van der Waals surface area contributed by atoms with E-state index in [0.717, 1.165) is 23.1 Å². The Balaban J connectivity index is 1.94. The predicted octanol–water partition coefficient (Wildman–Crippen LogP) is 3.37. The van der Waals surface area contributed by atoms with E-state index in [4.69, 9.17) is 22.6 Å². The van der Waals surface area contributed by atoms with Gasteiger partial charge in [-0.3, -0.25) is 14.4 Å². The Labute approximate surface area is 180 Å². The average molecular weight is 418 g/mol. The molecule has 0 aromatic heterocycles. The molecule has 158 valence electrons. The van der Waals surface area contributed by atoms with E-state index < -0.39 is 17.6 Å². The number of carbonyl (C=O) groups excluding carboxylic acids is 3. The average Bonchev–Trinajstić information content (AvgIpc) is 3.22. The summed E-state index contributed by atoms with van der Waals surface area (Å²) in [4.78, 5) is 43.5. The minimum Gasteiger partial charge on any atom is -0.461 e. The number of allylic oxidation sites excluding steroid dienone is 4. The van der Waals surface area contributed by atoms with Crippen molar-refractivity contribution < 1.29 is 23.9 Å². The van der Waals surface area contributed by atoms with Gasteiger partial charge >= 0.3 is 17.6 Å². The van der Waals surface area contributed by atoms with Gasteiger partial charge in [0.25, 0.3) is 0 Å². The van der Waals surface area contributed by atoms with E-state index in [9.17, 15) is 14.4 Å². The molecule has 2 bridgehead atoms. The molecule has 0 amide bonds. The van der Waals surface area contributed by atoms with Gasteiger partial charge < -0.3 is 9.47 Å². The standard InChI is InChI=1S/C24H22N2O5/c1-13(27)30-11-19-18-10-24(25-3,26-4)21-8-15-5-6-16(7-15)23(21)20(12-31-14(2)28)17(18)9-22(19)29/h5-6,8,15-16,23H,7,9-12H2,1-2H3/t15-,16+,23+/m0/s1. The van der Waals surface area contributed by atoms with E-state index in [2.05, 4.69) is 21.8 Å². The van der Waals surface area contributed by atoms with Gasteiger partial charge in [0, 0.05) is 31.8 Å². The van der Waals surface area contributed by atoms with Crippen LogP contribution < -0.4 is 0 Å². The van der Waals surface area contributed by atoms with Crippen molar-refractivity contribution in [2.45, 2.75) is 38.8 Å². The van der Waals surface area contributed by atoms with Crippen LogP contribution in [0, 0.1) is 30.9 Å². The van der Waals surface area contributed by atoms with Gasteiger partial charge in [0.15, 0.2) is 5.78 Å². The molecule has 4 rings (SSSR count). The maximum Gasteiger partial charge on any atom is 0.510 e. The number of ketones is 1. The number of hydrogen-bond donors (Lipinski definition) is 0. The Bertz CT molecular complexity index is 1080. The molecule has 0 aromatic rings. The fourth-order valence-corrected chi connectivity index (χ4v) is 5.23. The summed E-state index contributed by atoms with van der Waals surface area (Å²) < 4.78 is 10.5. The molecule has 0 aliphatic heterocycles. The third kappa shape index (κ3) is 3.41. The van der Waals surface area contributed by atoms with Crippen LogP contribution in [0.3, 0.4) is 0 Å². The number of fused-ring (bicyclic) bond motifs is 5. The summed E-state index contributed by atoms with van der Waals surface area (Å²) in [5.74, 6) is -1.14. The number of esters is 2. The lowest BCUT2D eigenvalue weighted by Crippen LogP contribution is -2.34. The van der Waals surface area contributed by atoms with Crippen molar-refractivity contribution >= 4 is 17.7 Å². The van der Waals surface area contributed by atoms with Crippen LogP contribution in [0.5, 0.6) is 0 Å². The number of Topliss-reactive ketones (excluding diaryl/α,β-unsaturated/α-hetero) is 1. The largest absolute Gasteiger partial charge is 0.510 e. The zero-order chi connectivity index (χ0) is 22.3. The molecule has 7 nitrogen and oxygen atoms in total. The number of ether oxygens (including phenoxy) is 2. The van der Waals surface area contributed by atoms with Crippen LogP contribution in [-0.2, 0) is 23.9 Å². The molecule has 0 saturated heterocycles. The molecular weight excluding hydrogens is 396 g/mol. The fourth-order valence-electron chi connectivity index (χ4n) is 5.23. The first kappa shape index (κ1) is 20.8. The summed E-state index contributed by atoms with van der Waals surface area (Å²) in [6.07, 6.45) is 7.24. The third-order valence-electron chi connectivity index (χ3n) is 6.58. The molecule has 0 fully saturated rings.